The predicted octanol–water partition coefficient (Wildman–Crippen LogP) is 2.29. The van der Waals surface area contributed by atoms with Crippen molar-refractivity contribution in [2.45, 2.75) is 44.3 Å². The van der Waals surface area contributed by atoms with Crippen LogP contribution in [0.25, 0.3) is 0 Å². The molecule has 1 aromatic heterocycles. The third kappa shape index (κ3) is 2.91. The van der Waals surface area contributed by atoms with Crippen LogP contribution in [0.4, 0.5) is 0 Å². The van der Waals surface area contributed by atoms with Gasteiger partial charge in [0.15, 0.2) is 0 Å². The fourth-order valence-electron chi connectivity index (χ4n) is 5.63. The van der Waals surface area contributed by atoms with Crippen molar-refractivity contribution in [1.82, 2.24) is 19.6 Å². The van der Waals surface area contributed by atoms with E-state index in [9.17, 15) is 4.79 Å². The van der Waals surface area contributed by atoms with Crippen molar-refractivity contribution >= 4 is 5.91 Å². The van der Waals surface area contributed by atoms with E-state index in [-0.39, 0.29) is 5.91 Å². The van der Waals surface area contributed by atoms with Crippen LogP contribution in [-0.2, 0) is 11.3 Å². The molecule has 3 atom stereocenters. The largest absolute Gasteiger partial charge is 0.497 e. The molecule has 148 valence electrons. The molecular weight excluding hydrogens is 352 g/mol. The molecule has 4 saturated heterocycles. The molecule has 0 spiro atoms. The van der Waals surface area contributed by atoms with Gasteiger partial charge in [0.1, 0.15) is 12.3 Å². The topological polar surface area (TPSA) is 50.6 Å². The van der Waals surface area contributed by atoms with E-state index >= 15 is 0 Å². The minimum atomic E-state index is 0.197. The van der Waals surface area contributed by atoms with Gasteiger partial charge in [0.05, 0.1) is 18.8 Å². The summed E-state index contributed by atoms with van der Waals surface area (Å²) in [5.74, 6) is 2.07. The van der Waals surface area contributed by atoms with Crippen LogP contribution in [0.5, 0.6) is 5.75 Å². The van der Waals surface area contributed by atoms with Crippen molar-refractivity contribution < 1.29 is 9.53 Å². The molecule has 6 nitrogen and oxygen atoms in total. The standard InChI is InChI=1S/C22H28N4O2/c1-15-7-12-25(23-15)14-20(27)26-13-19(16-3-5-18(28-2)6-4-16)22-21(26)17-8-10-24(22)11-9-17/h3-7,12,17,19,21-22H,8-11,13-14H2,1-2H3/t19-,21+,22+/m1/s1. The van der Waals surface area contributed by atoms with E-state index in [1.54, 1.807) is 11.8 Å². The monoisotopic (exact) mass is 380 g/mol. The van der Waals surface area contributed by atoms with Crippen LogP contribution in [0, 0.1) is 12.8 Å². The van der Waals surface area contributed by atoms with Crippen LogP contribution < -0.4 is 4.74 Å². The Morgan fingerprint density at radius 3 is 2.54 bits per heavy atom. The summed E-state index contributed by atoms with van der Waals surface area (Å²) in [4.78, 5) is 18.1. The third-order valence-corrected chi connectivity index (χ3v) is 6.93. The fourth-order valence-corrected chi connectivity index (χ4v) is 5.63. The van der Waals surface area contributed by atoms with E-state index in [2.05, 4.69) is 27.0 Å². The van der Waals surface area contributed by atoms with Crippen molar-refractivity contribution in [3.05, 3.63) is 47.8 Å². The molecule has 6 heteroatoms. The first-order valence-electron chi connectivity index (χ1n) is 10.3. The van der Waals surface area contributed by atoms with Crippen LogP contribution in [0.2, 0.25) is 0 Å². The van der Waals surface area contributed by atoms with Gasteiger partial charge in [0, 0.05) is 24.7 Å². The Bertz CT molecular complexity index is 854. The lowest BCUT2D eigenvalue weighted by molar-refractivity contribution is -0.136. The lowest BCUT2D eigenvalue weighted by Crippen LogP contribution is -2.61. The van der Waals surface area contributed by atoms with Crippen LogP contribution in [0.3, 0.4) is 0 Å². The van der Waals surface area contributed by atoms with E-state index < -0.39 is 0 Å². The maximum Gasteiger partial charge on any atom is 0.244 e. The number of hydrogen-bond acceptors (Lipinski definition) is 4. The number of fused-ring (bicyclic) bond motifs is 2. The summed E-state index contributed by atoms with van der Waals surface area (Å²) >= 11 is 0. The first-order valence-corrected chi connectivity index (χ1v) is 10.3. The first-order chi connectivity index (χ1) is 13.6. The number of aromatic nitrogens is 2. The highest BCUT2D eigenvalue weighted by Crippen LogP contribution is 2.46. The Kier molecular flexibility index (Phi) is 4.38. The van der Waals surface area contributed by atoms with Gasteiger partial charge >= 0.3 is 0 Å². The van der Waals surface area contributed by atoms with E-state index in [1.807, 2.05) is 31.3 Å². The van der Waals surface area contributed by atoms with Crippen molar-refractivity contribution in [1.29, 1.82) is 0 Å². The number of methoxy groups -OCH3 is 1. The Morgan fingerprint density at radius 2 is 1.89 bits per heavy atom. The minimum absolute atomic E-state index is 0.197. The quantitative estimate of drug-likeness (QED) is 0.817. The van der Waals surface area contributed by atoms with Gasteiger partial charge in [0.25, 0.3) is 0 Å². The number of hydrogen-bond donors (Lipinski definition) is 0. The number of carbonyl (C=O) groups is 1. The molecule has 1 aromatic carbocycles. The number of aryl methyl sites for hydroxylation is 1. The van der Waals surface area contributed by atoms with Gasteiger partial charge in [-0.2, -0.15) is 5.10 Å². The summed E-state index contributed by atoms with van der Waals surface area (Å²) in [7, 11) is 1.70. The number of likely N-dealkylation sites (tertiary alicyclic amines) is 1. The Labute approximate surface area is 166 Å². The molecule has 0 radical (unpaired) electrons. The van der Waals surface area contributed by atoms with Gasteiger partial charge in [-0.25, -0.2) is 0 Å². The molecule has 2 aromatic rings. The average Bonchev–Trinajstić information content (AvgIpc) is 3.34. The van der Waals surface area contributed by atoms with Crippen molar-refractivity contribution in [3.63, 3.8) is 0 Å². The summed E-state index contributed by atoms with van der Waals surface area (Å²) in [5.41, 5.74) is 2.26. The Morgan fingerprint density at radius 1 is 1.14 bits per heavy atom. The number of carbonyl (C=O) groups excluding carboxylic acids is 1. The molecule has 2 bridgehead atoms. The summed E-state index contributed by atoms with van der Waals surface area (Å²) in [6, 6.07) is 11.1. The molecule has 1 amide bonds. The second kappa shape index (κ2) is 6.92. The Hall–Kier alpha value is -2.34. The number of rotatable bonds is 4. The Balaban J connectivity index is 1.43. The normalized spacial score (nSPS) is 31.1. The van der Waals surface area contributed by atoms with E-state index in [4.69, 9.17) is 4.74 Å². The number of piperidine rings is 3. The number of nitrogens with zero attached hydrogens (tertiary/aromatic N) is 4. The zero-order chi connectivity index (χ0) is 19.3. The lowest BCUT2D eigenvalue weighted by Gasteiger charge is -2.51. The van der Waals surface area contributed by atoms with Crippen LogP contribution in [-0.4, -0.2) is 64.3 Å². The minimum Gasteiger partial charge on any atom is -0.497 e. The molecule has 4 aliphatic rings. The first kappa shape index (κ1) is 17.7. The zero-order valence-corrected chi connectivity index (χ0v) is 16.6. The molecule has 0 N–H and O–H groups in total. The number of amides is 1. The van der Waals surface area contributed by atoms with Crippen molar-refractivity contribution in [2.75, 3.05) is 26.7 Å². The fraction of sp³-hybridized carbons (Fsp3) is 0.545. The maximum absolute atomic E-state index is 13.3. The second-order valence-electron chi connectivity index (χ2n) is 8.44. The molecule has 0 aliphatic carbocycles. The maximum atomic E-state index is 13.3. The molecule has 4 fully saturated rings. The third-order valence-electron chi connectivity index (χ3n) is 6.93. The second-order valence-corrected chi connectivity index (χ2v) is 8.44. The van der Waals surface area contributed by atoms with Gasteiger partial charge in [-0.05, 0) is 62.5 Å². The van der Waals surface area contributed by atoms with Gasteiger partial charge < -0.3 is 9.64 Å². The summed E-state index contributed by atoms with van der Waals surface area (Å²) < 4.78 is 7.10. The van der Waals surface area contributed by atoms with E-state index in [0.29, 0.717) is 30.5 Å². The van der Waals surface area contributed by atoms with Crippen molar-refractivity contribution in [2.24, 2.45) is 5.92 Å². The molecule has 6 rings (SSSR count). The molecule has 0 saturated carbocycles. The van der Waals surface area contributed by atoms with Crippen LogP contribution in [0.1, 0.15) is 30.0 Å². The molecule has 0 unspecified atom stereocenters. The van der Waals surface area contributed by atoms with Gasteiger partial charge in [-0.3, -0.25) is 14.4 Å². The molecule has 4 aliphatic heterocycles. The predicted molar refractivity (Wildman–Crippen MR) is 106 cm³/mol. The highest BCUT2D eigenvalue weighted by molar-refractivity contribution is 5.77. The SMILES string of the molecule is COc1ccc([C@H]2CN(C(=O)Cn3ccc(C)n3)[C@H]3C4CCN(CC4)[C@@H]23)cc1. The zero-order valence-electron chi connectivity index (χ0n) is 16.6. The van der Waals surface area contributed by atoms with E-state index in [0.717, 1.165) is 18.0 Å². The van der Waals surface area contributed by atoms with E-state index in [1.165, 1.54) is 31.5 Å². The lowest BCUT2D eigenvalue weighted by atomic mass is 9.75. The number of ether oxygens (including phenoxy) is 1. The smallest absolute Gasteiger partial charge is 0.244 e. The summed E-state index contributed by atoms with van der Waals surface area (Å²) in [6.07, 6.45) is 4.32. The highest BCUT2D eigenvalue weighted by atomic mass is 16.5. The van der Waals surface area contributed by atoms with Crippen LogP contribution in [0.15, 0.2) is 36.5 Å². The highest BCUT2D eigenvalue weighted by Gasteiger charge is 2.54. The molecule has 5 heterocycles. The van der Waals surface area contributed by atoms with Gasteiger partial charge in [-0.1, -0.05) is 12.1 Å². The average molecular weight is 380 g/mol. The summed E-state index contributed by atoms with van der Waals surface area (Å²) in [5, 5.41) is 4.42. The van der Waals surface area contributed by atoms with Gasteiger partial charge in [0.2, 0.25) is 5.91 Å². The van der Waals surface area contributed by atoms with Crippen LogP contribution >= 0.6 is 0 Å². The molecular formula is C22H28N4O2. The van der Waals surface area contributed by atoms with Gasteiger partial charge in [-0.15, -0.1) is 0 Å². The summed E-state index contributed by atoms with van der Waals surface area (Å²) in [6.45, 7) is 5.42. The number of benzene rings is 1. The van der Waals surface area contributed by atoms with Crippen molar-refractivity contribution in [3.8, 4) is 5.75 Å². The molecule has 28 heavy (non-hydrogen) atoms.